The molecule has 0 bridgehead atoms. The molecule has 0 saturated heterocycles. The SMILES string of the molecule is Cc1nc(C2(NC(=O)Cc3csc(-c4ccccc4Cl)n3)CCCCC2)no1. The largest absolute Gasteiger partial charge is 0.343 e. The van der Waals surface area contributed by atoms with Crippen LogP contribution >= 0.6 is 22.9 Å². The van der Waals surface area contributed by atoms with Gasteiger partial charge in [0.15, 0.2) is 5.82 Å². The number of rotatable bonds is 5. The Bertz CT molecular complexity index is 978. The zero-order valence-corrected chi connectivity index (χ0v) is 17.1. The Morgan fingerprint density at radius 3 is 2.75 bits per heavy atom. The predicted molar refractivity (Wildman–Crippen MR) is 108 cm³/mol. The average Bonchev–Trinajstić information content (AvgIpc) is 3.32. The van der Waals surface area contributed by atoms with Crippen LogP contribution in [-0.2, 0) is 16.8 Å². The molecular weight excluding hydrogens is 396 g/mol. The number of nitrogens with one attached hydrogen (secondary N) is 1. The van der Waals surface area contributed by atoms with Crippen molar-refractivity contribution < 1.29 is 9.32 Å². The van der Waals surface area contributed by atoms with E-state index in [-0.39, 0.29) is 12.3 Å². The first-order valence-electron chi connectivity index (χ1n) is 9.37. The van der Waals surface area contributed by atoms with Crippen LogP contribution in [0.4, 0.5) is 0 Å². The number of hydrogen-bond acceptors (Lipinski definition) is 6. The lowest BCUT2D eigenvalue weighted by Gasteiger charge is -2.35. The van der Waals surface area contributed by atoms with E-state index in [1.807, 2.05) is 29.6 Å². The summed E-state index contributed by atoms with van der Waals surface area (Å²) in [6, 6.07) is 7.58. The lowest BCUT2D eigenvalue weighted by Crippen LogP contribution is -2.48. The lowest BCUT2D eigenvalue weighted by molar-refractivity contribution is -0.123. The summed E-state index contributed by atoms with van der Waals surface area (Å²) in [7, 11) is 0. The molecule has 1 aliphatic rings. The predicted octanol–water partition coefficient (Wildman–Crippen LogP) is 4.67. The minimum atomic E-state index is -0.547. The molecule has 1 aliphatic carbocycles. The highest BCUT2D eigenvalue weighted by Gasteiger charge is 2.39. The Balaban J connectivity index is 1.50. The molecule has 3 aromatic rings. The Kier molecular flexibility index (Phi) is 5.46. The highest BCUT2D eigenvalue weighted by molar-refractivity contribution is 7.13. The summed E-state index contributed by atoms with van der Waals surface area (Å²) in [6.07, 6.45) is 5.06. The number of aryl methyl sites for hydroxylation is 1. The van der Waals surface area contributed by atoms with Gasteiger partial charge < -0.3 is 9.84 Å². The Hall–Kier alpha value is -2.25. The molecule has 4 rings (SSSR count). The summed E-state index contributed by atoms with van der Waals surface area (Å²) in [5, 5.41) is 10.7. The first kappa shape index (κ1) is 19.1. The maximum Gasteiger partial charge on any atom is 0.226 e. The summed E-state index contributed by atoms with van der Waals surface area (Å²) in [5.41, 5.74) is 1.06. The van der Waals surface area contributed by atoms with Crippen molar-refractivity contribution >= 4 is 28.8 Å². The van der Waals surface area contributed by atoms with Crippen LogP contribution in [0.1, 0.15) is 49.5 Å². The van der Waals surface area contributed by atoms with Crippen molar-refractivity contribution in [3.63, 3.8) is 0 Å². The maximum absolute atomic E-state index is 12.8. The van der Waals surface area contributed by atoms with Crippen molar-refractivity contribution in [2.24, 2.45) is 0 Å². The number of benzene rings is 1. The van der Waals surface area contributed by atoms with Crippen molar-refractivity contribution in [1.82, 2.24) is 20.4 Å². The van der Waals surface area contributed by atoms with Gasteiger partial charge in [0.25, 0.3) is 0 Å². The molecule has 6 nitrogen and oxygen atoms in total. The summed E-state index contributed by atoms with van der Waals surface area (Å²) >= 11 is 7.74. The third-order valence-electron chi connectivity index (χ3n) is 5.04. The van der Waals surface area contributed by atoms with Gasteiger partial charge in [0.05, 0.1) is 17.1 Å². The van der Waals surface area contributed by atoms with E-state index in [4.69, 9.17) is 16.1 Å². The van der Waals surface area contributed by atoms with Crippen molar-refractivity contribution in [3.8, 4) is 10.6 Å². The Morgan fingerprint density at radius 2 is 2.04 bits per heavy atom. The van der Waals surface area contributed by atoms with E-state index in [9.17, 15) is 4.79 Å². The molecule has 1 fully saturated rings. The first-order chi connectivity index (χ1) is 13.6. The van der Waals surface area contributed by atoms with Crippen molar-refractivity contribution in [1.29, 1.82) is 0 Å². The number of amides is 1. The van der Waals surface area contributed by atoms with Crippen molar-refractivity contribution in [3.05, 3.63) is 52.1 Å². The molecule has 1 saturated carbocycles. The third-order valence-corrected chi connectivity index (χ3v) is 6.29. The standard InChI is InChI=1S/C20H21ClN4O2S/c1-13-22-19(25-27-13)20(9-5-2-6-10-20)24-17(26)11-14-12-28-18(23-14)15-7-3-4-8-16(15)21/h3-4,7-8,12H,2,5-6,9-11H2,1H3,(H,24,26). The normalized spacial score (nSPS) is 16.1. The smallest absolute Gasteiger partial charge is 0.226 e. The highest BCUT2D eigenvalue weighted by Crippen LogP contribution is 2.36. The van der Waals surface area contributed by atoms with Gasteiger partial charge >= 0.3 is 0 Å². The van der Waals surface area contributed by atoms with E-state index in [0.717, 1.165) is 48.4 Å². The molecule has 0 radical (unpaired) electrons. The van der Waals surface area contributed by atoms with Crippen LogP contribution in [0.2, 0.25) is 5.02 Å². The fourth-order valence-corrected chi connectivity index (χ4v) is 4.82. The molecule has 2 aromatic heterocycles. The minimum Gasteiger partial charge on any atom is -0.343 e. The summed E-state index contributed by atoms with van der Waals surface area (Å²) in [6.45, 7) is 1.76. The zero-order chi connectivity index (χ0) is 19.6. The van der Waals surface area contributed by atoms with Gasteiger partial charge in [0, 0.05) is 17.9 Å². The van der Waals surface area contributed by atoms with E-state index in [1.54, 1.807) is 6.92 Å². The monoisotopic (exact) mass is 416 g/mol. The second kappa shape index (κ2) is 8.01. The minimum absolute atomic E-state index is 0.0830. The van der Waals surface area contributed by atoms with Gasteiger partial charge in [0.1, 0.15) is 10.5 Å². The molecule has 0 aliphatic heterocycles. The number of carbonyl (C=O) groups is 1. The van der Waals surface area contributed by atoms with Gasteiger partial charge in [-0.3, -0.25) is 4.79 Å². The number of nitrogens with zero attached hydrogens (tertiary/aromatic N) is 3. The molecule has 28 heavy (non-hydrogen) atoms. The maximum atomic E-state index is 12.8. The molecule has 0 atom stereocenters. The van der Waals surface area contributed by atoms with Crippen molar-refractivity contribution in [2.45, 2.75) is 51.0 Å². The quantitative estimate of drug-likeness (QED) is 0.653. The second-order valence-corrected chi connectivity index (χ2v) is 8.39. The van der Waals surface area contributed by atoms with E-state index in [2.05, 4.69) is 20.4 Å². The van der Waals surface area contributed by atoms with Gasteiger partial charge in [-0.05, 0) is 18.9 Å². The molecule has 8 heteroatoms. The van der Waals surface area contributed by atoms with E-state index in [1.165, 1.54) is 11.3 Å². The number of halogens is 1. The van der Waals surface area contributed by atoms with Gasteiger partial charge in [-0.25, -0.2) is 4.98 Å². The van der Waals surface area contributed by atoms with E-state index in [0.29, 0.717) is 16.7 Å². The van der Waals surface area contributed by atoms with E-state index < -0.39 is 5.54 Å². The van der Waals surface area contributed by atoms with E-state index >= 15 is 0 Å². The molecular formula is C20H21ClN4O2S. The molecule has 146 valence electrons. The molecule has 0 unspecified atom stereocenters. The van der Waals surface area contributed by atoms with Gasteiger partial charge in [-0.1, -0.05) is 54.2 Å². The van der Waals surface area contributed by atoms with Crippen LogP contribution in [0.25, 0.3) is 10.6 Å². The highest BCUT2D eigenvalue weighted by atomic mass is 35.5. The fraction of sp³-hybridized carbons (Fsp3) is 0.400. The number of thiazole rings is 1. The summed E-state index contributed by atoms with van der Waals surface area (Å²) in [5.74, 6) is 1.01. The van der Waals surface area contributed by atoms with Gasteiger partial charge in [0.2, 0.25) is 11.8 Å². The van der Waals surface area contributed by atoms with Gasteiger partial charge in [-0.2, -0.15) is 4.98 Å². The molecule has 2 heterocycles. The van der Waals surface area contributed by atoms with Crippen LogP contribution < -0.4 is 5.32 Å². The van der Waals surface area contributed by atoms with Crippen LogP contribution in [0.5, 0.6) is 0 Å². The second-order valence-electron chi connectivity index (χ2n) is 7.13. The van der Waals surface area contributed by atoms with Crippen LogP contribution in [-0.4, -0.2) is 21.0 Å². The molecule has 0 spiro atoms. The number of aromatic nitrogens is 3. The summed E-state index contributed by atoms with van der Waals surface area (Å²) < 4.78 is 5.17. The fourth-order valence-electron chi connectivity index (χ4n) is 3.68. The van der Waals surface area contributed by atoms with Crippen LogP contribution in [0.15, 0.2) is 34.2 Å². The van der Waals surface area contributed by atoms with Crippen LogP contribution in [0.3, 0.4) is 0 Å². The zero-order valence-electron chi connectivity index (χ0n) is 15.6. The Morgan fingerprint density at radius 1 is 1.25 bits per heavy atom. The molecule has 1 aromatic carbocycles. The van der Waals surface area contributed by atoms with Crippen LogP contribution in [0, 0.1) is 6.92 Å². The molecule has 1 amide bonds. The molecule has 1 N–H and O–H groups in total. The number of carbonyl (C=O) groups excluding carboxylic acids is 1. The third kappa shape index (κ3) is 3.95. The Labute approximate surface area is 172 Å². The van der Waals surface area contributed by atoms with Gasteiger partial charge in [-0.15, -0.1) is 11.3 Å². The average molecular weight is 417 g/mol. The number of hydrogen-bond donors (Lipinski definition) is 1. The first-order valence-corrected chi connectivity index (χ1v) is 10.6. The topological polar surface area (TPSA) is 80.9 Å². The summed E-state index contributed by atoms with van der Waals surface area (Å²) in [4.78, 5) is 21.8. The van der Waals surface area contributed by atoms with Crippen molar-refractivity contribution in [2.75, 3.05) is 0 Å². The lowest BCUT2D eigenvalue weighted by atomic mass is 9.81.